The Balaban J connectivity index is 1.56. The first-order chi connectivity index (χ1) is 11.6. The molecule has 1 unspecified atom stereocenters. The number of aliphatic hydroxyl groups excluding tert-OH is 1. The van der Waals surface area contributed by atoms with Crippen LogP contribution in [0.3, 0.4) is 0 Å². The minimum Gasteiger partial charge on any atom is -0.388 e. The Bertz CT molecular complexity index is 543. The van der Waals surface area contributed by atoms with Gasteiger partial charge in [0, 0.05) is 27.0 Å². The van der Waals surface area contributed by atoms with E-state index in [0.29, 0.717) is 11.0 Å². The van der Waals surface area contributed by atoms with Crippen molar-refractivity contribution in [1.29, 1.82) is 0 Å². The van der Waals surface area contributed by atoms with Crippen LogP contribution in [0, 0.1) is 0 Å². The van der Waals surface area contributed by atoms with Crippen molar-refractivity contribution < 1.29 is 9.90 Å². The summed E-state index contributed by atoms with van der Waals surface area (Å²) in [7, 11) is 0. The molecule has 3 rings (SSSR count). The number of thiophene rings is 1. The van der Waals surface area contributed by atoms with Gasteiger partial charge in [-0.2, -0.15) is 0 Å². The number of hydrogen-bond acceptors (Lipinski definition) is 4. The van der Waals surface area contributed by atoms with Crippen molar-refractivity contribution in [3.8, 4) is 0 Å². The zero-order chi connectivity index (χ0) is 17.0. The summed E-state index contributed by atoms with van der Waals surface area (Å²) >= 11 is 3.55. The minimum atomic E-state index is -0.403. The van der Waals surface area contributed by atoms with Crippen LogP contribution in [0.2, 0.25) is 0 Å². The summed E-state index contributed by atoms with van der Waals surface area (Å²) < 4.78 is 0. The Hall–Kier alpha value is -0.520. The summed E-state index contributed by atoms with van der Waals surface area (Å²) in [5.74, 6) is 0.787. The van der Waals surface area contributed by atoms with Gasteiger partial charge in [0.2, 0.25) is 5.91 Å². The van der Waals surface area contributed by atoms with Crippen LogP contribution in [0.15, 0.2) is 12.1 Å². The Morgan fingerprint density at radius 2 is 2.04 bits per heavy atom. The first-order valence-corrected chi connectivity index (χ1v) is 11.1. The van der Waals surface area contributed by atoms with E-state index >= 15 is 0 Å². The topological polar surface area (TPSA) is 49.3 Å². The molecule has 2 aliphatic carbocycles. The Kier molecular flexibility index (Phi) is 6.27. The maximum atomic E-state index is 12.3. The van der Waals surface area contributed by atoms with E-state index < -0.39 is 6.10 Å². The monoisotopic (exact) mass is 367 g/mol. The molecule has 3 nitrogen and oxygen atoms in total. The lowest BCUT2D eigenvalue weighted by atomic mass is 9.84. The number of aliphatic hydroxyl groups is 1. The zero-order valence-electron chi connectivity index (χ0n) is 14.6. The second-order valence-electron chi connectivity index (χ2n) is 7.36. The molecule has 2 N–H and O–H groups in total. The van der Waals surface area contributed by atoms with Crippen LogP contribution in [-0.2, 0) is 10.2 Å². The number of thioether (sulfide) groups is 1. The van der Waals surface area contributed by atoms with Crippen molar-refractivity contribution in [3.05, 3.63) is 21.9 Å². The van der Waals surface area contributed by atoms with Gasteiger partial charge in [-0.3, -0.25) is 4.79 Å². The molecule has 134 valence electrons. The molecule has 5 heteroatoms. The Morgan fingerprint density at radius 3 is 2.67 bits per heavy atom. The third kappa shape index (κ3) is 4.36. The van der Waals surface area contributed by atoms with E-state index in [0.717, 1.165) is 24.3 Å². The van der Waals surface area contributed by atoms with Gasteiger partial charge in [-0.25, -0.2) is 0 Å². The largest absolute Gasteiger partial charge is 0.388 e. The molecule has 24 heavy (non-hydrogen) atoms. The second-order valence-corrected chi connectivity index (χ2v) is 9.76. The molecule has 1 aromatic rings. The number of rotatable bonds is 7. The van der Waals surface area contributed by atoms with Crippen LogP contribution in [0.5, 0.6) is 0 Å². The minimum absolute atomic E-state index is 0.0888. The van der Waals surface area contributed by atoms with Crippen LogP contribution in [0.4, 0.5) is 0 Å². The van der Waals surface area contributed by atoms with E-state index in [1.807, 2.05) is 24.8 Å². The lowest BCUT2D eigenvalue weighted by Crippen LogP contribution is -2.39. The SMILES string of the molecule is CC(O)c1ccc(C2(CNC(=O)CSC3CCCC3)CCCC2)s1. The van der Waals surface area contributed by atoms with Crippen LogP contribution in [-0.4, -0.2) is 28.6 Å². The molecule has 0 aromatic carbocycles. The van der Waals surface area contributed by atoms with Crippen molar-refractivity contribution in [2.24, 2.45) is 0 Å². The van der Waals surface area contributed by atoms with Crippen molar-refractivity contribution in [2.75, 3.05) is 12.3 Å². The first kappa shape index (κ1) is 18.3. The highest BCUT2D eigenvalue weighted by atomic mass is 32.2. The van der Waals surface area contributed by atoms with Crippen molar-refractivity contribution in [3.63, 3.8) is 0 Å². The number of nitrogens with one attached hydrogen (secondary N) is 1. The van der Waals surface area contributed by atoms with Crippen LogP contribution in [0.1, 0.15) is 74.1 Å². The first-order valence-electron chi connectivity index (χ1n) is 9.26. The fourth-order valence-corrected chi connectivity index (χ4v) is 6.34. The fourth-order valence-electron chi connectivity index (χ4n) is 3.99. The summed E-state index contributed by atoms with van der Waals surface area (Å²) in [6.45, 7) is 2.57. The molecule has 2 aliphatic rings. The van der Waals surface area contributed by atoms with E-state index in [4.69, 9.17) is 0 Å². The van der Waals surface area contributed by atoms with E-state index in [9.17, 15) is 9.90 Å². The smallest absolute Gasteiger partial charge is 0.230 e. The molecule has 0 saturated heterocycles. The van der Waals surface area contributed by atoms with Crippen LogP contribution in [0.25, 0.3) is 0 Å². The molecule has 1 aromatic heterocycles. The van der Waals surface area contributed by atoms with Crippen molar-refractivity contribution in [2.45, 2.75) is 75.1 Å². The molecule has 0 aliphatic heterocycles. The number of carbonyl (C=O) groups excluding carboxylic acids is 1. The number of hydrogen-bond donors (Lipinski definition) is 2. The van der Waals surface area contributed by atoms with E-state index in [-0.39, 0.29) is 11.3 Å². The molecular formula is C19H29NO2S2. The third-order valence-corrected chi connectivity index (χ3v) is 8.37. The molecule has 0 radical (unpaired) electrons. The van der Waals surface area contributed by atoms with Crippen molar-refractivity contribution >= 4 is 29.0 Å². The molecule has 0 spiro atoms. The summed E-state index contributed by atoms with van der Waals surface area (Å²) in [6.07, 6.45) is 9.55. The van der Waals surface area contributed by atoms with Gasteiger partial charge in [0.15, 0.2) is 0 Å². The van der Waals surface area contributed by atoms with Gasteiger partial charge >= 0.3 is 0 Å². The average Bonchev–Trinajstić information content (AvgIpc) is 3.32. The van der Waals surface area contributed by atoms with Crippen molar-refractivity contribution in [1.82, 2.24) is 5.32 Å². The lowest BCUT2D eigenvalue weighted by molar-refractivity contribution is -0.118. The van der Waals surface area contributed by atoms with Gasteiger partial charge in [-0.05, 0) is 44.7 Å². The summed E-state index contributed by atoms with van der Waals surface area (Å²) in [5, 5.41) is 13.7. The van der Waals surface area contributed by atoms with Gasteiger partial charge in [0.25, 0.3) is 0 Å². The lowest BCUT2D eigenvalue weighted by Gasteiger charge is -2.28. The normalized spacial score (nSPS) is 21.9. The standard InChI is InChI=1S/C19H29NO2S2/c1-14(21)16-8-9-17(24-16)19(10-4-5-11-19)13-20-18(22)12-23-15-6-2-3-7-15/h8-9,14-15,21H,2-7,10-13H2,1H3,(H,20,22). The van der Waals surface area contributed by atoms with Gasteiger partial charge in [0.1, 0.15) is 0 Å². The Labute approximate surface area is 153 Å². The maximum Gasteiger partial charge on any atom is 0.230 e. The van der Waals surface area contributed by atoms with Gasteiger partial charge in [0.05, 0.1) is 11.9 Å². The predicted molar refractivity (Wildman–Crippen MR) is 103 cm³/mol. The Morgan fingerprint density at radius 1 is 1.33 bits per heavy atom. The highest BCUT2D eigenvalue weighted by molar-refractivity contribution is 8.00. The molecule has 0 bridgehead atoms. The number of amides is 1. The highest BCUT2D eigenvalue weighted by Gasteiger charge is 2.37. The molecule has 2 saturated carbocycles. The van der Waals surface area contributed by atoms with E-state index in [1.54, 1.807) is 11.3 Å². The third-order valence-electron chi connectivity index (χ3n) is 5.50. The molecule has 1 amide bonds. The van der Waals surface area contributed by atoms with Crippen LogP contribution < -0.4 is 5.32 Å². The zero-order valence-corrected chi connectivity index (χ0v) is 16.2. The van der Waals surface area contributed by atoms with E-state index in [2.05, 4.69) is 11.4 Å². The molecular weight excluding hydrogens is 338 g/mol. The number of carbonyl (C=O) groups is 1. The highest BCUT2D eigenvalue weighted by Crippen LogP contribution is 2.44. The van der Waals surface area contributed by atoms with Crippen LogP contribution >= 0.6 is 23.1 Å². The summed E-state index contributed by atoms with van der Waals surface area (Å²) in [5.41, 5.74) is 0.0888. The summed E-state index contributed by atoms with van der Waals surface area (Å²) in [6, 6.07) is 4.21. The molecule has 1 atom stereocenters. The van der Waals surface area contributed by atoms with Gasteiger partial charge in [-0.1, -0.05) is 25.7 Å². The van der Waals surface area contributed by atoms with Gasteiger partial charge in [-0.15, -0.1) is 23.1 Å². The molecule has 2 fully saturated rings. The second kappa shape index (κ2) is 8.24. The maximum absolute atomic E-state index is 12.3. The predicted octanol–water partition coefficient (Wildman–Crippen LogP) is 4.41. The quantitative estimate of drug-likeness (QED) is 0.751. The molecule has 1 heterocycles. The van der Waals surface area contributed by atoms with Gasteiger partial charge < -0.3 is 10.4 Å². The average molecular weight is 368 g/mol. The fraction of sp³-hybridized carbons (Fsp3) is 0.737. The summed E-state index contributed by atoms with van der Waals surface area (Å²) in [4.78, 5) is 14.6. The van der Waals surface area contributed by atoms with E-state index in [1.165, 1.54) is 43.4 Å².